The van der Waals surface area contributed by atoms with Crippen molar-refractivity contribution >= 4 is 23.2 Å². The zero-order chi connectivity index (χ0) is 13.8. The van der Waals surface area contributed by atoms with Gasteiger partial charge < -0.3 is 10.1 Å². The van der Waals surface area contributed by atoms with E-state index in [1.54, 1.807) is 0 Å². The van der Waals surface area contributed by atoms with Crippen molar-refractivity contribution in [2.24, 2.45) is 0 Å². The van der Waals surface area contributed by atoms with Gasteiger partial charge in [-0.15, -0.1) is 0 Å². The topological polar surface area (TPSA) is 21.3 Å². The van der Waals surface area contributed by atoms with E-state index in [1.165, 1.54) is 0 Å². The number of rotatable bonds is 5. The molecular weight excluding hydrogens is 281 g/mol. The van der Waals surface area contributed by atoms with Crippen LogP contribution in [0.5, 0.6) is 0 Å². The van der Waals surface area contributed by atoms with Crippen LogP contribution in [-0.4, -0.2) is 18.8 Å². The van der Waals surface area contributed by atoms with Gasteiger partial charge in [0.2, 0.25) is 0 Å². The maximum Gasteiger partial charge on any atom is 0.0774 e. The van der Waals surface area contributed by atoms with E-state index in [1.807, 2.05) is 18.2 Å². The van der Waals surface area contributed by atoms with Crippen LogP contribution in [0.4, 0.5) is 0 Å². The minimum Gasteiger partial charge on any atom is -0.373 e. The van der Waals surface area contributed by atoms with Gasteiger partial charge in [-0.25, -0.2) is 0 Å². The molecule has 1 heterocycles. The standard InChI is InChI=1S/C15H21Cl2NO/c1-3-9-18-15(13-8-7-10(2)19-13)11-5-4-6-12(16)14(11)17/h4-6,10,13,15,18H,3,7-9H2,1-2H3. The molecule has 0 radical (unpaired) electrons. The molecule has 0 saturated carbocycles. The Kier molecular flexibility index (Phi) is 5.52. The van der Waals surface area contributed by atoms with Gasteiger partial charge in [0.05, 0.1) is 28.3 Å². The molecule has 1 aliphatic heterocycles. The second kappa shape index (κ2) is 6.94. The quantitative estimate of drug-likeness (QED) is 0.858. The Bertz CT molecular complexity index is 425. The molecule has 2 nitrogen and oxygen atoms in total. The van der Waals surface area contributed by atoms with E-state index in [0.717, 1.165) is 31.4 Å². The van der Waals surface area contributed by atoms with Gasteiger partial charge in [-0.1, -0.05) is 42.3 Å². The summed E-state index contributed by atoms with van der Waals surface area (Å²) in [6.45, 7) is 5.22. The van der Waals surface area contributed by atoms with Gasteiger partial charge in [0.1, 0.15) is 0 Å². The minimum atomic E-state index is 0.121. The Balaban J connectivity index is 2.23. The first-order valence-electron chi connectivity index (χ1n) is 6.96. The predicted molar refractivity (Wildman–Crippen MR) is 81.1 cm³/mol. The van der Waals surface area contributed by atoms with E-state index in [0.29, 0.717) is 16.1 Å². The number of hydrogen-bond acceptors (Lipinski definition) is 2. The molecule has 106 valence electrons. The van der Waals surface area contributed by atoms with E-state index in [4.69, 9.17) is 27.9 Å². The highest BCUT2D eigenvalue weighted by Gasteiger charge is 2.31. The lowest BCUT2D eigenvalue weighted by Crippen LogP contribution is -2.33. The highest BCUT2D eigenvalue weighted by molar-refractivity contribution is 6.42. The van der Waals surface area contributed by atoms with Crippen LogP contribution in [0.1, 0.15) is 44.7 Å². The highest BCUT2D eigenvalue weighted by atomic mass is 35.5. The SMILES string of the molecule is CCCNC(c1cccc(Cl)c1Cl)C1CCC(C)O1. The maximum absolute atomic E-state index is 6.35. The third-order valence-electron chi connectivity index (χ3n) is 3.57. The van der Waals surface area contributed by atoms with Crippen LogP contribution in [0.15, 0.2) is 18.2 Å². The Hall–Kier alpha value is -0.280. The smallest absolute Gasteiger partial charge is 0.0774 e. The number of ether oxygens (including phenoxy) is 1. The summed E-state index contributed by atoms with van der Waals surface area (Å²) >= 11 is 12.5. The molecule has 0 bridgehead atoms. The molecule has 3 unspecified atom stereocenters. The Labute approximate surface area is 125 Å². The van der Waals surface area contributed by atoms with Gasteiger partial charge in [-0.3, -0.25) is 0 Å². The monoisotopic (exact) mass is 301 g/mol. The molecule has 1 fully saturated rings. The van der Waals surface area contributed by atoms with Gasteiger partial charge in [-0.2, -0.15) is 0 Å². The van der Waals surface area contributed by atoms with Gasteiger partial charge >= 0.3 is 0 Å². The first kappa shape index (κ1) is 15.1. The molecule has 1 saturated heterocycles. The fourth-order valence-corrected chi connectivity index (χ4v) is 3.01. The van der Waals surface area contributed by atoms with Crippen LogP contribution in [0, 0.1) is 0 Å². The van der Waals surface area contributed by atoms with Crippen molar-refractivity contribution in [1.82, 2.24) is 5.32 Å². The van der Waals surface area contributed by atoms with E-state index in [-0.39, 0.29) is 12.1 Å². The molecule has 0 aliphatic carbocycles. The van der Waals surface area contributed by atoms with Gasteiger partial charge in [-0.05, 0) is 44.4 Å². The van der Waals surface area contributed by atoms with E-state index in [9.17, 15) is 0 Å². The Morgan fingerprint density at radius 3 is 2.79 bits per heavy atom. The van der Waals surface area contributed by atoms with E-state index < -0.39 is 0 Å². The van der Waals surface area contributed by atoms with E-state index in [2.05, 4.69) is 19.2 Å². The maximum atomic E-state index is 6.35. The molecule has 1 aromatic rings. The van der Waals surface area contributed by atoms with Crippen LogP contribution in [0.25, 0.3) is 0 Å². The second-order valence-corrected chi connectivity index (χ2v) is 5.92. The normalized spacial score (nSPS) is 24.6. The largest absolute Gasteiger partial charge is 0.373 e. The summed E-state index contributed by atoms with van der Waals surface area (Å²) in [6, 6.07) is 5.93. The lowest BCUT2D eigenvalue weighted by molar-refractivity contribution is 0.0316. The van der Waals surface area contributed by atoms with E-state index >= 15 is 0 Å². The highest BCUT2D eigenvalue weighted by Crippen LogP contribution is 2.36. The lowest BCUT2D eigenvalue weighted by Gasteiger charge is -2.26. The van der Waals surface area contributed by atoms with Gasteiger partial charge in [0.15, 0.2) is 0 Å². The lowest BCUT2D eigenvalue weighted by atomic mass is 9.99. The number of benzene rings is 1. The molecule has 4 heteroatoms. The summed E-state index contributed by atoms with van der Waals surface area (Å²) in [6.07, 6.45) is 3.75. The summed E-state index contributed by atoms with van der Waals surface area (Å²) in [5.74, 6) is 0. The molecule has 3 atom stereocenters. The summed E-state index contributed by atoms with van der Waals surface area (Å²) in [5.41, 5.74) is 1.04. The van der Waals surface area contributed by atoms with Crippen molar-refractivity contribution in [2.45, 2.75) is 51.4 Å². The summed E-state index contributed by atoms with van der Waals surface area (Å²) < 4.78 is 6.01. The van der Waals surface area contributed by atoms with Crippen molar-refractivity contribution in [1.29, 1.82) is 0 Å². The molecule has 19 heavy (non-hydrogen) atoms. The number of nitrogens with one attached hydrogen (secondary N) is 1. The Morgan fingerprint density at radius 1 is 1.37 bits per heavy atom. The van der Waals surface area contributed by atoms with Crippen molar-refractivity contribution < 1.29 is 4.74 Å². The van der Waals surface area contributed by atoms with Gasteiger partial charge in [0.25, 0.3) is 0 Å². The third kappa shape index (κ3) is 3.63. The first-order valence-corrected chi connectivity index (χ1v) is 7.71. The molecule has 0 spiro atoms. The van der Waals surface area contributed by atoms with Crippen molar-refractivity contribution in [2.75, 3.05) is 6.54 Å². The third-order valence-corrected chi connectivity index (χ3v) is 4.40. The first-order chi connectivity index (χ1) is 9.13. The predicted octanol–water partition coefficient (Wildman–Crippen LogP) is 4.60. The molecule has 2 rings (SSSR count). The summed E-state index contributed by atoms with van der Waals surface area (Å²) in [7, 11) is 0. The van der Waals surface area contributed by atoms with Crippen molar-refractivity contribution in [3.8, 4) is 0 Å². The van der Waals surface area contributed by atoms with Crippen LogP contribution >= 0.6 is 23.2 Å². The van der Waals surface area contributed by atoms with Crippen molar-refractivity contribution in [3.63, 3.8) is 0 Å². The molecule has 1 N–H and O–H groups in total. The zero-order valence-corrected chi connectivity index (χ0v) is 13.0. The summed E-state index contributed by atoms with van der Waals surface area (Å²) in [5, 5.41) is 4.79. The average Bonchev–Trinajstić information content (AvgIpc) is 2.81. The fraction of sp³-hybridized carbons (Fsp3) is 0.600. The molecular formula is C15H21Cl2NO. The number of halogens is 2. The van der Waals surface area contributed by atoms with Crippen LogP contribution in [0.2, 0.25) is 10.0 Å². The molecule has 0 aromatic heterocycles. The fourth-order valence-electron chi connectivity index (χ4n) is 2.58. The van der Waals surface area contributed by atoms with Crippen LogP contribution < -0.4 is 5.32 Å². The summed E-state index contributed by atoms with van der Waals surface area (Å²) in [4.78, 5) is 0. The van der Waals surface area contributed by atoms with Crippen LogP contribution in [0.3, 0.4) is 0 Å². The average molecular weight is 302 g/mol. The Morgan fingerprint density at radius 2 is 2.16 bits per heavy atom. The molecule has 1 aromatic carbocycles. The molecule has 1 aliphatic rings. The number of hydrogen-bond donors (Lipinski definition) is 1. The van der Waals surface area contributed by atoms with Crippen LogP contribution in [-0.2, 0) is 4.74 Å². The second-order valence-electron chi connectivity index (χ2n) is 5.14. The van der Waals surface area contributed by atoms with Gasteiger partial charge in [0, 0.05) is 0 Å². The zero-order valence-electron chi connectivity index (χ0n) is 11.5. The van der Waals surface area contributed by atoms with Crippen molar-refractivity contribution in [3.05, 3.63) is 33.8 Å². The molecule has 0 amide bonds. The minimum absolute atomic E-state index is 0.121.